The Morgan fingerprint density at radius 2 is 1.94 bits per heavy atom. The first kappa shape index (κ1) is 15.9. The second-order valence-electron chi connectivity index (χ2n) is 4.05. The summed E-state index contributed by atoms with van der Waals surface area (Å²) >= 11 is 0. The summed E-state index contributed by atoms with van der Waals surface area (Å²) in [4.78, 5) is 26.6. The summed E-state index contributed by atoms with van der Waals surface area (Å²) in [7, 11) is 6.62. The second-order valence-corrected chi connectivity index (χ2v) is 4.05. The molecule has 0 radical (unpaired) electrons. The van der Waals surface area contributed by atoms with Crippen molar-refractivity contribution in [2.24, 2.45) is 0 Å². The third kappa shape index (κ3) is 5.65. The first-order valence-corrected chi connectivity index (χ1v) is 5.59. The number of hydrogen-bond donors (Lipinski definition) is 1. The first-order valence-electron chi connectivity index (χ1n) is 5.59. The molecule has 6 nitrogen and oxygen atoms in total. The monoisotopic (exact) mass is 245 g/mol. The Bertz CT molecular complexity index is 256. The fourth-order valence-corrected chi connectivity index (χ4v) is 1.17. The standard InChI is InChI=1S/C11H23N3O3/c1-9(12-2)11(16)14(6-7-17-5)8-10(15)13(3)4/h9,12H,6-8H2,1-5H3. The maximum Gasteiger partial charge on any atom is 0.241 e. The molecule has 0 aliphatic rings. The molecule has 6 heteroatoms. The molecule has 1 N–H and O–H groups in total. The summed E-state index contributed by atoms with van der Waals surface area (Å²) in [5, 5.41) is 2.87. The molecule has 1 atom stereocenters. The molecule has 0 aromatic carbocycles. The molecule has 0 aromatic rings. The van der Waals surface area contributed by atoms with Crippen molar-refractivity contribution in [2.75, 3.05) is 47.9 Å². The van der Waals surface area contributed by atoms with Gasteiger partial charge in [-0.2, -0.15) is 0 Å². The molecule has 0 rings (SSSR count). The van der Waals surface area contributed by atoms with E-state index in [1.165, 1.54) is 9.80 Å². The molecule has 0 saturated heterocycles. The van der Waals surface area contributed by atoms with E-state index in [-0.39, 0.29) is 24.4 Å². The minimum Gasteiger partial charge on any atom is -0.383 e. The Balaban J connectivity index is 4.52. The van der Waals surface area contributed by atoms with Crippen LogP contribution in [0.15, 0.2) is 0 Å². The fourth-order valence-electron chi connectivity index (χ4n) is 1.17. The highest BCUT2D eigenvalue weighted by Crippen LogP contribution is 1.97. The maximum absolute atomic E-state index is 12.0. The number of nitrogens with zero attached hydrogens (tertiary/aromatic N) is 2. The predicted octanol–water partition coefficient (Wildman–Crippen LogP) is -0.842. The molecule has 100 valence electrons. The van der Waals surface area contributed by atoms with Crippen LogP contribution in [0.3, 0.4) is 0 Å². The van der Waals surface area contributed by atoms with Crippen LogP contribution in [-0.2, 0) is 14.3 Å². The number of amides is 2. The van der Waals surface area contributed by atoms with E-state index in [0.717, 1.165) is 0 Å². The normalized spacial score (nSPS) is 12.1. The highest BCUT2D eigenvalue weighted by molar-refractivity contribution is 5.87. The van der Waals surface area contributed by atoms with E-state index in [0.29, 0.717) is 13.2 Å². The Morgan fingerprint density at radius 1 is 1.35 bits per heavy atom. The van der Waals surface area contributed by atoms with Crippen molar-refractivity contribution in [3.63, 3.8) is 0 Å². The maximum atomic E-state index is 12.0. The van der Waals surface area contributed by atoms with Crippen molar-refractivity contribution >= 4 is 11.8 Å². The lowest BCUT2D eigenvalue weighted by Crippen LogP contribution is -2.48. The summed E-state index contributed by atoms with van der Waals surface area (Å²) in [5.41, 5.74) is 0. The van der Waals surface area contributed by atoms with Crippen LogP contribution in [0, 0.1) is 0 Å². The molecule has 0 spiro atoms. The minimum absolute atomic E-state index is 0.0845. The zero-order valence-electron chi connectivity index (χ0n) is 11.3. The molecule has 0 heterocycles. The Morgan fingerprint density at radius 3 is 2.35 bits per heavy atom. The smallest absolute Gasteiger partial charge is 0.241 e. The van der Waals surface area contributed by atoms with Crippen LogP contribution in [0.4, 0.5) is 0 Å². The third-order valence-corrected chi connectivity index (χ3v) is 2.51. The van der Waals surface area contributed by atoms with Crippen molar-refractivity contribution in [2.45, 2.75) is 13.0 Å². The fraction of sp³-hybridized carbons (Fsp3) is 0.818. The topological polar surface area (TPSA) is 61.9 Å². The van der Waals surface area contributed by atoms with Gasteiger partial charge in [0.25, 0.3) is 0 Å². The molecule has 2 amide bonds. The van der Waals surface area contributed by atoms with Gasteiger partial charge in [-0.25, -0.2) is 0 Å². The van der Waals surface area contributed by atoms with E-state index in [1.54, 1.807) is 35.2 Å². The molecule has 0 bridgehead atoms. The summed E-state index contributed by atoms with van der Waals surface area (Å²) < 4.78 is 4.94. The van der Waals surface area contributed by atoms with Gasteiger partial charge in [0.1, 0.15) is 0 Å². The van der Waals surface area contributed by atoms with Gasteiger partial charge in [0.2, 0.25) is 11.8 Å². The Kier molecular flexibility index (Phi) is 7.49. The number of carbonyl (C=O) groups is 2. The van der Waals surface area contributed by atoms with Gasteiger partial charge in [-0.15, -0.1) is 0 Å². The van der Waals surface area contributed by atoms with Crippen LogP contribution >= 0.6 is 0 Å². The lowest BCUT2D eigenvalue weighted by molar-refractivity contribution is -0.140. The molecular weight excluding hydrogens is 222 g/mol. The van der Waals surface area contributed by atoms with Crippen LogP contribution in [0.2, 0.25) is 0 Å². The Hall–Kier alpha value is -1.14. The van der Waals surface area contributed by atoms with Gasteiger partial charge in [-0.05, 0) is 14.0 Å². The van der Waals surface area contributed by atoms with E-state index in [2.05, 4.69) is 5.32 Å². The summed E-state index contributed by atoms with van der Waals surface area (Å²) in [5.74, 6) is -0.197. The van der Waals surface area contributed by atoms with Gasteiger partial charge in [0.15, 0.2) is 0 Å². The van der Waals surface area contributed by atoms with Crippen molar-refractivity contribution in [1.82, 2.24) is 15.1 Å². The summed E-state index contributed by atoms with van der Waals surface area (Å²) in [6.45, 7) is 2.69. The van der Waals surface area contributed by atoms with Crippen molar-refractivity contribution < 1.29 is 14.3 Å². The van der Waals surface area contributed by atoms with Gasteiger partial charge in [-0.1, -0.05) is 0 Å². The molecule has 0 aliphatic carbocycles. The second kappa shape index (κ2) is 8.03. The number of carbonyl (C=O) groups excluding carboxylic acids is 2. The van der Waals surface area contributed by atoms with Gasteiger partial charge in [0.05, 0.1) is 19.2 Å². The molecule has 0 fully saturated rings. The molecule has 0 aromatic heterocycles. The molecule has 17 heavy (non-hydrogen) atoms. The number of likely N-dealkylation sites (N-methyl/N-ethyl adjacent to an activating group) is 2. The van der Waals surface area contributed by atoms with Crippen LogP contribution in [0.1, 0.15) is 6.92 Å². The largest absolute Gasteiger partial charge is 0.383 e. The first-order chi connectivity index (χ1) is 7.93. The third-order valence-electron chi connectivity index (χ3n) is 2.51. The SMILES string of the molecule is CNC(C)C(=O)N(CCOC)CC(=O)N(C)C. The minimum atomic E-state index is -0.304. The number of methoxy groups -OCH3 is 1. The lowest BCUT2D eigenvalue weighted by Gasteiger charge is -2.26. The van der Waals surface area contributed by atoms with Crippen LogP contribution in [-0.4, -0.2) is 75.6 Å². The summed E-state index contributed by atoms with van der Waals surface area (Å²) in [6.07, 6.45) is 0. The van der Waals surface area contributed by atoms with E-state index in [4.69, 9.17) is 4.74 Å². The van der Waals surface area contributed by atoms with Crippen molar-refractivity contribution in [3.8, 4) is 0 Å². The van der Waals surface area contributed by atoms with E-state index in [1.807, 2.05) is 0 Å². The van der Waals surface area contributed by atoms with Crippen molar-refractivity contribution in [3.05, 3.63) is 0 Å². The van der Waals surface area contributed by atoms with E-state index >= 15 is 0 Å². The van der Waals surface area contributed by atoms with Gasteiger partial charge in [0, 0.05) is 27.7 Å². The van der Waals surface area contributed by atoms with Gasteiger partial charge in [-0.3, -0.25) is 9.59 Å². The van der Waals surface area contributed by atoms with Crippen LogP contribution in [0.5, 0.6) is 0 Å². The molecular formula is C11H23N3O3. The van der Waals surface area contributed by atoms with Gasteiger partial charge < -0.3 is 19.9 Å². The molecule has 0 saturated carbocycles. The van der Waals surface area contributed by atoms with Crippen LogP contribution in [0.25, 0.3) is 0 Å². The number of ether oxygens (including phenoxy) is 1. The zero-order chi connectivity index (χ0) is 13.4. The summed E-state index contributed by atoms with van der Waals surface area (Å²) in [6, 6.07) is -0.304. The number of rotatable bonds is 7. The van der Waals surface area contributed by atoms with Crippen LogP contribution < -0.4 is 5.32 Å². The van der Waals surface area contributed by atoms with E-state index in [9.17, 15) is 9.59 Å². The van der Waals surface area contributed by atoms with Gasteiger partial charge >= 0.3 is 0 Å². The van der Waals surface area contributed by atoms with Crippen molar-refractivity contribution in [1.29, 1.82) is 0 Å². The average molecular weight is 245 g/mol. The highest BCUT2D eigenvalue weighted by atomic mass is 16.5. The highest BCUT2D eigenvalue weighted by Gasteiger charge is 2.21. The molecule has 0 aliphatic heterocycles. The average Bonchev–Trinajstić information content (AvgIpc) is 2.31. The zero-order valence-corrected chi connectivity index (χ0v) is 11.3. The lowest BCUT2D eigenvalue weighted by atomic mass is 10.3. The number of nitrogens with one attached hydrogen (secondary N) is 1. The predicted molar refractivity (Wildman–Crippen MR) is 65.7 cm³/mol. The molecule has 1 unspecified atom stereocenters. The quantitative estimate of drug-likeness (QED) is 0.635. The van der Waals surface area contributed by atoms with E-state index < -0.39 is 0 Å². The number of hydrogen-bond acceptors (Lipinski definition) is 4. The Labute approximate surface area is 103 Å².